The van der Waals surface area contributed by atoms with Crippen LogP contribution in [0.15, 0.2) is 4.99 Å². The van der Waals surface area contributed by atoms with Gasteiger partial charge in [0.05, 0.1) is 12.1 Å². The molecule has 2 aliphatic rings. The molecule has 0 saturated heterocycles. The maximum absolute atomic E-state index is 6.03. The summed E-state index contributed by atoms with van der Waals surface area (Å²) < 4.78 is 0. The minimum atomic E-state index is 0.273. The van der Waals surface area contributed by atoms with E-state index in [4.69, 9.17) is 5.73 Å². The van der Waals surface area contributed by atoms with Gasteiger partial charge in [0.1, 0.15) is 0 Å². The van der Waals surface area contributed by atoms with Gasteiger partial charge in [-0.25, -0.2) is 0 Å². The molecule has 4 heteroatoms. The Bertz CT molecular complexity index is 303. The van der Waals surface area contributed by atoms with E-state index in [1.54, 1.807) is 0 Å². The molecule has 0 radical (unpaired) electrons. The van der Waals surface area contributed by atoms with Gasteiger partial charge in [0.25, 0.3) is 0 Å². The molecular formula is C13H26N4. The molecule has 1 aliphatic heterocycles. The Hall–Kier alpha value is -0.770. The molecule has 2 N–H and O–H groups in total. The molecule has 0 amide bonds. The van der Waals surface area contributed by atoms with Gasteiger partial charge in [-0.15, -0.1) is 0 Å². The third kappa shape index (κ3) is 2.28. The van der Waals surface area contributed by atoms with Gasteiger partial charge in [-0.1, -0.05) is 13.8 Å². The van der Waals surface area contributed by atoms with E-state index in [0.717, 1.165) is 37.4 Å². The molecular weight excluding hydrogens is 212 g/mol. The van der Waals surface area contributed by atoms with Crippen LogP contribution in [0.3, 0.4) is 0 Å². The van der Waals surface area contributed by atoms with E-state index in [-0.39, 0.29) is 5.54 Å². The molecule has 0 aromatic carbocycles. The molecule has 1 aliphatic carbocycles. The number of nitrogens with two attached hydrogens (primary N) is 1. The van der Waals surface area contributed by atoms with Crippen molar-refractivity contribution < 1.29 is 0 Å². The van der Waals surface area contributed by atoms with Gasteiger partial charge in [-0.2, -0.15) is 0 Å². The second-order valence-corrected chi connectivity index (χ2v) is 6.27. The van der Waals surface area contributed by atoms with Gasteiger partial charge in [0, 0.05) is 13.1 Å². The zero-order chi connectivity index (χ0) is 12.6. The van der Waals surface area contributed by atoms with Crippen molar-refractivity contribution in [2.45, 2.75) is 32.2 Å². The van der Waals surface area contributed by atoms with Crippen molar-refractivity contribution >= 4 is 5.96 Å². The number of likely N-dealkylation sites (N-methyl/N-ethyl adjacent to an activating group) is 1. The Morgan fingerprint density at radius 1 is 1.47 bits per heavy atom. The van der Waals surface area contributed by atoms with Crippen molar-refractivity contribution in [2.24, 2.45) is 22.6 Å². The summed E-state index contributed by atoms with van der Waals surface area (Å²) in [7, 11) is 4.21. The van der Waals surface area contributed by atoms with E-state index in [2.05, 4.69) is 42.7 Å². The zero-order valence-electron chi connectivity index (χ0n) is 11.6. The lowest BCUT2D eigenvalue weighted by Crippen LogP contribution is -2.61. The van der Waals surface area contributed by atoms with Crippen LogP contribution < -0.4 is 5.73 Å². The van der Waals surface area contributed by atoms with Crippen LogP contribution in [-0.2, 0) is 0 Å². The Balaban J connectivity index is 1.95. The monoisotopic (exact) mass is 238 g/mol. The molecule has 1 spiro atoms. The minimum Gasteiger partial charge on any atom is -0.370 e. The fourth-order valence-corrected chi connectivity index (χ4v) is 3.03. The first-order valence-corrected chi connectivity index (χ1v) is 6.67. The molecule has 17 heavy (non-hydrogen) atoms. The maximum atomic E-state index is 6.03. The first kappa shape index (κ1) is 12.7. The van der Waals surface area contributed by atoms with E-state index in [0.29, 0.717) is 0 Å². The van der Waals surface area contributed by atoms with Crippen molar-refractivity contribution in [1.29, 1.82) is 0 Å². The Morgan fingerprint density at radius 2 is 2.12 bits per heavy atom. The van der Waals surface area contributed by atoms with Crippen LogP contribution in [-0.4, -0.2) is 55.0 Å². The van der Waals surface area contributed by atoms with Crippen LogP contribution in [0.2, 0.25) is 0 Å². The highest BCUT2D eigenvalue weighted by atomic mass is 15.4. The minimum absolute atomic E-state index is 0.273. The van der Waals surface area contributed by atoms with Gasteiger partial charge < -0.3 is 15.5 Å². The highest BCUT2D eigenvalue weighted by molar-refractivity contribution is 5.81. The second kappa shape index (κ2) is 4.48. The Morgan fingerprint density at radius 3 is 2.65 bits per heavy atom. The summed E-state index contributed by atoms with van der Waals surface area (Å²) in [5.41, 5.74) is 6.30. The van der Waals surface area contributed by atoms with Crippen molar-refractivity contribution in [3.05, 3.63) is 0 Å². The van der Waals surface area contributed by atoms with E-state index in [1.165, 1.54) is 12.8 Å². The second-order valence-electron chi connectivity index (χ2n) is 6.27. The number of guanidine groups is 1. The molecule has 0 atom stereocenters. The SMILES string of the molecule is CC(C)C1CC2(CN=C(N)N2CCN(C)C)C1. The quantitative estimate of drug-likeness (QED) is 0.794. The molecule has 0 unspecified atom stereocenters. The summed E-state index contributed by atoms with van der Waals surface area (Å²) in [6.45, 7) is 7.61. The topological polar surface area (TPSA) is 44.9 Å². The lowest BCUT2D eigenvalue weighted by molar-refractivity contribution is 0.0161. The number of aliphatic imine (C=N–C) groups is 1. The standard InChI is InChI=1S/C13H26N4/c1-10(2)11-7-13(8-11)9-15-12(14)17(13)6-5-16(3)4/h10-11H,5-9H2,1-4H3,(H2,14,15). The van der Waals surface area contributed by atoms with Crippen LogP contribution >= 0.6 is 0 Å². The molecule has 4 nitrogen and oxygen atoms in total. The molecule has 98 valence electrons. The van der Waals surface area contributed by atoms with E-state index in [1.807, 2.05) is 0 Å². The van der Waals surface area contributed by atoms with Gasteiger partial charge >= 0.3 is 0 Å². The van der Waals surface area contributed by atoms with Crippen LogP contribution in [0.25, 0.3) is 0 Å². The third-order valence-electron chi connectivity index (χ3n) is 4.38. The van der Waals surface area contributed by atoms with Crippen molar-refractivity contribution in [3.8, 4) is 0 Å². The first-order chi connectivity index (χ1) is 7.94. The molecule has 1 heterocycles. The average molecular weight is 238 g/mol. The molecule has 0 aromatic rings. The summed E-state index contributed by atoms with van der Waals surface area (Å²) in [4.78, 5) is 9.03. The van der Waals surface area contributed by atoms with Gasteiger partial charge in [-0.3, -0.25) is 4.99 Å². The number of rotatable bonds is 4. The van der Waals surface area contributed by atoms with Gasteiger partial charge in [0.2, 0.25) is 0 Å². The molecule has 0 bridgehead atoms. The summed E-state index contributed by atoms with van der Waals surface area (Å²) in [5.74, 6) is 2.41. The smallest absolute Gasteiger partial charge is 0.191 e. The molecule has 0 aromatic heterocycles. The van der Waals surface area contributed by atoms with E-state index in [9.17, 15) is 0 Å². The summed E-state index contributed by atoms with van der Waals surface area (Å²) in [6, 6.07) is 0. The van der Waals surface area contributed by atoms with Crippen molar-refractivity contribution in [3.63, 3.8) is 0 Å². The van der Waals surface area contributed by atoms with Crippen molar-refractivity contribution in [1.82, 2.24) is 9.80 Å². The fourth-order valence-electron chi connectivity index (χ4n) is 3.03. The lowest BCUT2D eigenvalue weighted by atomic mass is 9.63. The number of nitrogens with zero attached hydrogens (tertiary/aromatic N) is 3. The number of hydrogen-bond donors (Lipinski definition) is 1. The molecule has 1 saturated carbocycles. The van der Waals surface area contributed by atoms with Crippen LogP contribution in [0.4, 0.5) is 0 Å². The van der Waals surface area contributed by atoms with E-state index >= 15 is 0 Å². The predicted octanol–water partition coefficient (Wildman–Crippen LogP) is 0.983. The van der Waals surface area contributed by atoms with Gasteiger partial charge in [-0.05, 0) is 38.8 Å². The lowest BCUT2D eigenvalue weighted by Gasteiger charge is -2.52. The Labute approximate surface area is 105 Å². The summed E-state index contributed by atoms with van der Waals surface area (Å²) in [6.07, 6.45) is 2.53. The summed E-state index contributed by atoms with van der Waals surface area (Å²) >= 11 is 0. The van der Waals surface area contributed by atoms with Gasteiger partial charge in [0.15, 0.2) is 5.96 Å². The highest BCUT2D eigenvalue weighted by Gasteiger charge is 2.52. The van der Waals surface area contributed by atoms with Crippen LogP contribution in [0.5, 0.6) is 0 Å². The number of hydrogen-bond acceptors (Lipinski definition) is 4. The molecule has 1 fully saturated rings. The van der Waals surface area contributed by atoms with Crippen molar-refractivity contribution in [2.75, 3.05) is 33.7 Å². The fraction of sp³-hybridized carbons (Fsp3) is 0.923. The average Bonchev–Trinajstić information content (AvgIpc) is 2.50. The normalized spacial score (nSPS) is 32.5. The predicted molar refractivity (Wildman–Crippen MR) is 72.0 cm³/mol. The zero-order valence-corrected chi connectivity index (χ0v) is 11.6. The van der Waals surface area contributed by atoms with Crippen LogP contribution in [0, 0.1) is 11.8 Å². The third-order valence-corrected chi connectivity index (χ3v) is 4.38. The molecule has 2 rings (SSSR count). The first-order valence-electron chi connectivity index (χ1n) is 6.67. The summed E-state index contributed by atoms with van der Waals surface area (Å²) in [5, 5.41) is 0. The van der Waals surface area contributed by atoms with Crippen LogP contribution in [0.1, 0.15) is 26.7 Å². The van der Waals surface area contributed by atoms with E-state index < -0.39 is 0 Å². The Kier molecular flexibility index (Phi) is 3.34. The highest BCUT2D eigenvalue weighted by Crippen LogP contribution is 2.47. The maximum Gasteiger partial charge on any atom is 0.191 e. The largest absolute Gasteiger partial charge is 0.370 e.